The van der Waals surface area contributed by atoms with Crippen molar-refractivity contribution in [3.63, 3.8) is 0 Å². The molecular formula is C19H25N5O4. The smallest absolute Gasteiger partial charge is 0.269 e. The fraction of sp³-hybridized carbons (Fsp3) is 0.316. The minimum atomic E-state index is -0.417. The van der Waals surface area contributed by atoms with Crippen molar-refractivity contribution in [2.45, 2.75) is 0 Å². The molecule has 0 saturated heterocycles. The Morgan fingerprint density at radius 3 is 2.25 bits per heavy atom. The van der Waals surface area contributed by atoms with E-state index in [1.165, 1.54) is 12.1 Å². The Kier molecular flexibility index (Phi) is 8.38. The number of hydrogen-bond donors (Lipinski definition) is 3. The molecule has 0 amide bonds. The monoisotopic (exact) mass is 387 g/mol. The van der Waals surface area contributed by atoms with Crippen LogP contribution >= 0.6 is 0 Å². The van der Waals surface area contributed by atoms with Crippen molar-refractivity contribution in [1.29, 1.82) is 0 Å². The Hall–Kier alpha value is -3.49. The van der Waals surface area contributed by atoms with E-state index in [0.717, 1.165) is 17.2 Å². The molecule has 0 heterocycles. The Bertz CT molecular complexity index is 763. The molecule has 0 aromatic heterocycles. The van der Waals surface area contributed by atoms with E-state index in [0.29, 0.717) is 32.2 Å². The maximum Gasteiger partial charge on any atom is 0.269 e. The summed E-state index contributed by atoms with van der Waals surface area (Å²) in [6.07, 6.45) is 0. The number of hydrogen-bond acceptors (Lipinski definition) is 6. The third kappa shape index (κ3) is 7.02. The van der Waals surface area contributed by atoms with Crippen LogP contribution in [-0.4, -0.2) is 51.3 Å². The highest BCUT2D eigenvalue weighted by molar-refractivity contribution is 5.79. The number of nitro benzene ring substituents is 1. The summed E-state index contributed by atoms with van der Waals surface area (Å²) < 4.78 is 10.8. The lowest BCUT2D eigenvalue weighted by Gasteiger charge is -2.13. The molecule has 2 aromatic carbocycles. The van der Waals surface area contributed by atoms with Gasteiger partial charge in [0.05, 0.1) is 18.6 Å². The average Bonchev–Trinajstić information content (AvgIpc) is 2.73. The number of methoxy groups -OCH3 is 1. The SMILES string of the molecule is CN=C(NCCNc1ccc([N+](=O)[O-])cc1)NCCOc1ccc(OC)cc1. The summed E-state index contributed by atoms with van der Waals surface area (Å²) >= 11 is 0. The predicted octanol–water partition coefficient (Wildman–Crippen LogP) is 2.26. The summed E-state index contributed by atoms with van der Waals surface area (Å²) in [7, 11) is 3.32. The Morgan fingerprint density at radius 1 is 1.00 bits per heavy atom. The topological polar surface area (TPSA) is 110 Å². The van der Waals surface area contributed by atoms with Crippen LogP contribution in [0.1, 0.15) is 0 Å². The normalized spacial score (nSPS) is 10.9. The standard InChI is InChI=1S/C19H25N5O4/c1-20-19(23-13-14-28-18-9-7-17(27-2)8-10-18)22-12-11-21-15-3-5-16(6-4-15)24(25)26/h3-10,21H,11-14H2,1-2H3,(H2,20,22,23). The van der Waals surface area contributed by atoms with Crippen LogP contribution in [0.4, 0.5) is 11.4 Å². The zero-order valence-corrected chi connectivity index (χ0v) is 16.0. The maximum absolute atomic E-state index is 10.6. The Labute approximate surface area is 163 Å². The molecule has 0 spiro atoms. The molecule has 0 bridgehead atoms. The van der Waals surface area contributed by atoms with Gasteiger partial charge in [-0.3, -0.25) is 15.1 Å². The van der Waals surface area contributed by atoms with Crippen molar-refractivity contribution < 1.29 is 14.4 Å². The number of nitrogens with zero attached hydrogens (tertiary/aromatic N) is 2. The van der Waals surface area contributed by atoms with Crippen LogP contribution in [0, 0.1) is 10.1 Å². The van der Waals surface area contributed by atoms with Crippen molar-refractivity contribution in [2.75, 3.05) is 45.7 Å². The molecule has 9 heteroatoms. The molecule has 2 aromatic rings. The Morgan fingerprint density at radius 2 is 1.64 bits per heavy atom. The largest absolute Gasteiger partial charge is 0.497 e. The van der Waals surface area contributed by atoms with E-state index >= 15 is 0 Å². The van der Waals surface area contributed by atoms with E-state index in [-0.39, 0.29) is 5.69 Å². The van der Waals surface area contributed by atoms with Gasteiger partial charge in [0.25, 0.3) is 5.69 Å². The molecule has 0 fully saturated rings. The third-order valence-corrected chi connectivity index (χ3v) is 3.77. The average molecular weight is 387 g/mol. The maximum atomic E-state index is 10.6. The molecule has 0 unspecified atom stereocenters. The summed E-state index contributed by atoms with van der Waals surface area (Å²) in [5.41, 5.74) is 0.897. The van der Waals surface area contributed by atoms with E-state index in [1.807, 2.05) is 24.3 Å². The fourth-order valence-electron chi connectivity index (χ4n) is 2.32. The third-order valence-electron chi connectivity index (χ3n) is 3.77. The number of nitro groups is 1. The zero-order valence-electron chi connectivity index (χ0n) is 16.0. The molecule has 2 rings (SSSR count). The van der Waals surface area contributed by atoms with Crippen LogP contribution < -0.4 is 25.4 Å². The van der Waals surface area contributed by atoms with Crippen molar-refractivity contribution in [2.24, 2.45) is 4.99 Å². The van der Waals surface area contributed by atoms with Gasteiger partial charge >= 0.3 is 0 Å². The Balaban J connectivity index is 1.61. The summed E-state index contributed by atoms with van der Waals surface area (Å²) in [6, 6.07) is 13.7. The van der Waals surface area contributed by atoms with Crippen LogP contribution in [-0.2, 0) is 0 Å². The minimum absolute atomic E-state index is 0.0742. The van der Waals surface area contributed by atoms with Gasteiger partial charge in [-0.15, -0.1) is 0 Å². The number of anilines is 1. The van der Waals surface area contributed by atoms with E-state index in [9.17, 15) is 10.1 Å². The van der Waals surface area contributed by atoms with Crippen molar-refractivity contribution >= 4 is 17.3 Å². The van der Waals surface area contributed by atoms with Crippen LogP contribution in [0.2, 0.25) is 0 Å². The molecule has 0 atom stereocenters. The molecule has 0 saturated carbocycles. The van der Waals surface area contributed by atoms with Gasteiger partial charge in [0.1, 0.15) is 18.1 Å². The summed E-state index contributed by atoms with van der Waals surface area (Å²) in [5.74, 6) is 2.24. The van der Waals surface area contributed by atoms with Gasteiger partial charge in [-0.05, 0) is 36.4 Å². The van der Waals surface area contributed by atoms with Gasteiger partial charge in [0.15, 0.2) is 5.96 Å². The van der Waals surface area contributed by atoms with Crippen LogP contribution in [0.5, 0.6) is 11.5 Å². The van der Waals surface area contributed by atoms with E-state index in [4.69, 9.17) is 9.47 Å². The van der Waals surface area contributed by atoms with Crippen LogP contribution in [0.15, 0.2) is 53.5 Å². The van der Waals surface area contributed by atoms with E-state index in [2.05, 4.69) is 20.9 Å². The molecule has 150 valence electrons. The lowest BCUT2D eigenvalue weighted by atomic mass is 10.3. The highest BCUT2D eigenvalue weighted by atomic mass is 16.6. The van der Waals surface area contributed by atoms with Gasteiger partial charge in [-0.1, -0.05) is 0 Å². The lowest BCUT2D eigenvalue weighted by Crippen LogP contribution is -2.41. The summed E-state index contributed by atoms with van der Waals surface area (Å²) in [5, 5.41) is 20.2. The lowest BCUT2D eigenvalue weighted by molar-refractivity contribution is -0.384. The second-order valence-electron chi connectivity index (χ2n) is 5.68. The molecule has 28 heavy (non-hydrogen) atoms. The highest BCUT2D eigenvalue weighted by Gasteiger charge is 2.03. The number of ether oxygens (including phenoxy) is 2. The molecular weight excluding hydrogens is 362 g/mol. The van der Waals surface area contributed by atoms with Gasteiger partial charge in [0, 0.05) is 38.0 Å². The first-order chi connectivity index (χ1) is 13.6. The molecule has 0 aliphatic heterocycles. The van der Waals surface area contributed by atoms with Crippen molar-refractivity contribution in [3.05, 3.63) is 58.6 Å². The van der Waals surface area contributed by atoms with Crippen molar-refractivity contribution in [3.8, 4) is 11.5 Å². The first-order valence-corrected chi connectivity index (χ1v) is 8.82. The predicted molar refractivity (Wildman–Crippen MR) is 109 cm³/mol. The number of non-ortho nitro benzene ring substituents is 1. The van der Waals surface area contributed by atoms with E-state index in [1.54, 1.807) is 26.3 Å². The molecule has 0 radical (unpaired) electrons. The molecule has 9 nitrogen and oxygen atoms in total. The number of aliphatic imine (C=N–C) groups is 1. The molecule has 0 aliphatic rings. The first-order valence-electron chi connectivity index (χ1n) is 8.82. The number of guanidine groups is 1. The number of benzene rings is 2. The zero-order chi connectivity index (χ0) is 20.2. The highest BCUT2D eigenvalue weighted by Crippen LogP contribution is 2.16. The van der Waals surface area contributed by atoms with E-state index < -0.39 is 4.92 Å². The minimum Gasteiger partial charge on any atom is -0.497 e. The van der Waals surface area contributed by atoms with Crippen LogP contribution in [0.3, 0.4) is 0 Å². The second-order valence-corrected chi connectivity index (χ2v) is 5.68. The van der Waals surface area contributed by atoms with Gasteiger partial charge in [-0.25, -0.2) is 0 Å². The summed E-state index contributed by atoms with van der Waals surface area (Å²) in [4.78, 5) is 14.4. The second kappa shape index (κ2) is 11.3. The first kappa shape index (κ1) is 20.8. The van der Waals surface area contributed by atoms with Gasteiger partial charge < -0.3 is 25.4 Å². The fourth-order valence-corrected chi connectivity index (χ4v) is 2.32. The van der Waals surface area contributed by atoms with Crippen LogP contribution in [0.25, 0.3) is 0 Å². The number of rotatable bonds is 10. The summed E-state index contributed by atoms with van der Waals surface area (Å²) in [6.45, 7) is 2.37. The van der Waals surface area contributed by atoms with Crippen molar-refractivity contribution in [1.82, 2.24) is 10.6 Å². The molecule has 0 aliphatic carbocycles. The number of nitrogens with one attached hydrogen (secondary N) is 3. The quantitative estimate of drug-likeness (QED) is 0.189. The van der Waals surface area contributed by atoms with Gasteiger partial charge in [0.2, 0.25) is 0 Å². The molecule has 3 N–H and O–H groups in total. The van der Waals surface area contributed by atoms with Gasteiger partial charge in [-0.2, -0.15) is 0 Å².